The van der Waals surface area contributed by atoms with Crippen LogP contribution in [0.4, 0.5) is 49.6 Å². The fourth-order valence-corrected chi connectivity index (χ4v) is 1.82. The van der Waals surface area contributed by atoms with Crippen molar-refractivity contribution >= 4 is 5.69 Å². The van der Waals surface area contributed by atoms with Crippen LogP contribution in [0.25, 0.3) is 0 Å². The molecule has 0 aliphatic carbocycles. The van der Waals surface area contributed by atoms with E-state index in [1.165, 1.54) is 0 Å². The molecule has 0 aromatic heterocycles. The van der Waals surface area contributed by atoms with Gasteiger partial charge in [0.05, 0.1) is 5.69 Å². The van der Waals surface area contributed by atoms with Gasteiger partial charge in [-0.05, 0) is 18.6 Å². The van der Waals surface area contributed by atoms with E-state index in [4.69, 9.17) is 5.73 Å². The molecule has 0 saturated carbocycles. The molecule has 0 aliphatic heterocycles. The van der Waals surface area contributed by atoms with E-state index in [0.717, 1.165) is 6.92 Å². The molecule has 0 bridgehead atoms. The van der Waals surface area contributed by atoms with Crippen LogP contribution in [0.1, 0.15) is 11.1 Å². The molecule has 0 heterocycles. The fraction of sp³-hybridized carbons (Fsp3) is 0.500. The number of rotatable bonds is 5. The number of anilines is 1. The van der Waals surface area contributed by atoms with Gasteiger partial charge < -0.3 is 10.5 Å². The highest BCUT2D eigenvalue weighted by atomic mass is 19.4. The molecule has 0 spiro atoms. The lowest BCUT2D eigenvalue weighted by Crippen LogP contribution is -2.56. The summed E-state index contributed by atoms with van der Waals surface area (Å²) in [7, 11) is 0. The van der Waals surface area contributed by atoms with Crippen molar-refractivity contribution in [3.8, 4) is 5.75 Å². The molecule has 1 aromatic rings. The van der Waals surface area contributed by atoms with Crippen LogP contribution >= 0.6 is 0 Å². The van der Waals surface area contributed by atoms with Crippen LogP contribution in [0.3, 0.4) is 0 Å². The molecule has 0 radical (unpaired) electrons. The summed E-state index contributed by atoms with van der Waals surface area (Å²) in [6.45, 7) is -2.71. The van der Waals surface area contributed by atoms with E-state index in [1.54, 1.807) is 0 Å². The zero-order chi connectivity index (χ0) is 19.1. The van der Waals surface area contributed by atoms with E-state index in [-0.39, 0.29) is 12.1 Å². The predicted octanol–water partition coefficient (Wildman–Crippen LogP) is 4.81. The number of nitrogen functional groups attached to an aromatic ring is 1. The first-order valence-corrected chi connectivity index (χ1v) is 5.93. The molecular weight excluding hydrogens is 364 g/mol. The molecule has 2 nitrogen and oxygen atoms in total. The maximum absolute atomic E-state index is 14.2. The minimum atomic E-state index is -6.67. The normalized spacial score (nSPS) is 15.7. The number of nitrogens with two attached hydrogens (primary N) is 1. The maximum Gasteiger partial charge on any atom is 0.457 e. The smallest absolute Gasteiger partial charge is 0.433 e. The lowest BCUT2D eigenvalue weighted by Gasteiger charge is -2.34. The summed E-state index contributed by atoms with van der Waals surface area (Å²) in [4.78, 5) is 0. The summed E-state index contributed by atoms with van der Waals surface area (Å²) in [6.07, 6.45) is -11.5. The van der Waals surface area contributed by atoms with Gasteiger partial charge in [0.1, 0.15) is 5.75 Å². The number of hydrogen-bond acceptors (Lipinski definition) is 2. The summed E-state index contributed by atoms with van der Waals surface area (Å²) in [5.74, 6) is -7.72. The monoisotopic (exact) mass is 373 g/mol. The first-order valence-electron chi connectivity index (χ1n) is 5.93. The van der Waals surface area contributed by atoms with Gasteiger partial charge in [-0.1, -0.05) is 6.07 Å². The van der Waals surface area contributed by atoms with Crippen molar-refractivity contribution in [2.45, 2.75) is 37.7 Å². The average Bonchev–Trinajstić information content (AvgIpc) is 2.40. The maximum atomic E-state index is 14.2. The predicted molar refractivity (Wildman–Crippen MR) is 62.0 cm³/mol. The molecule has 0 amide bonds. The summed E-state index contributed by atoms with van der Waals surface area (Å²) in [5, 5.41) is 0. The highest BCUT2D eigenvalue weighted by Crippen LogP contribution is 2.54. The molecule has 1 unspecified atom stereocenters. The van der Waals surface area contributed by atoms with Gasteiger partial charge in [-0.3, -0.25) is 0 Å². The second kappa shape index (κ2) is 6.20. The quantitative estimate of drug-likeness (QED) is 0.594. The standard InChI is InChI=1S/C12H9F10NO/c1-4-2-5(3-6(7(4)23)24-9(15)16)10(17,8(13)14)11(18,19)12(20,21)22/h2-3,8-9H,23H2,1H3. The Bertz CT molecular complexity index is 600. The van der Waals surface area contributed by atoms with Crippen molar-refractivity contribution in [2.75, 3.05) is 5.73 Å². The molecular formula is C12H9F10NO. The molecule has 0 aliphatic rings. The second-order valence-corrected chi connectivity index (χ2v) is 4.67. The van der Waals surface area contributed by atoms with Crippen LogP contribution in [0.15, 0.2) is 12.1 Å². The van der Waals surface area contributed by atoms with Crippen molar-refractivity contribution in [2.24, 2.45) is 0 Å². The number of halogens is 10. The van der Waals surface area contributed by atoms with E-state index in [2.05, 4.69) is 4.74 Å². The van der Waals surface area contributed by atoms with Gasteiger partial charge in [-0.15, -0.1) is 0 Å². The molecule has 24 heavy (non-hydrogen) atoms. The summed E-state index contributed by atoms with van der Waals surface area (Å²) in [6, 6.07) is 0.0414. The summed E-state index contributed by atoms with van der Waals surface area (Å²) in [5.41, 5.74) is -3.37. The van der Waals surface area contributed by atoms with Gasteiger partial charge in [0, 0.05) is 5.56 Å². The van der Waals surface area contributed by atoms with Crippen molar-refractivity contribution < 1.29 is 48.6 Å². The van der Waals surface area contributed by atoms with E-state index in [0.29, 0.717) is 0 Å². The van der Waals surface area contributed by atoms with E-state index < -0.39 is 53.4 Å². The Hall–Kier alpha value is -1.88. The number of benzene rings is 1. The Labute approximate surface area is 128 Å². The van der Waals surface area contributed by atoms with Crippen molar-refractivity contribution in [1.82, 2.24) is 0 Å². The lowest BCUT2D eigenvalue weighted by atomic mass is 9.87. The number of hydrogen-bond donors (Lipinski definition) is 1. The zero-order valence-electron chi connectivity index (χ0n) is 11.6. The number of alkyl halides is 10. The Kier molecular flexibility index (Phi) is 5.21. The van der Waals surface area contributed by atoms with Gasteiger partial charge in [-0.2, -0.15) is 30.7 Å². The largest absolute Gasteiger partial charge is 0.457 e. The third-order valence-corrected chi connectivity index (χ3v) is 3.10. The summed E-state index contributed by atoms with van der Waals surface area (Å²) >= 11 is 0. The molecule has 1 aromatic carbocycles. The first kappa shape index (κ1) is 20.2. The topological polar surface area (TPSA) is 35.2 Å². The molecule has 1 rings (SSSR count). The SMILES string of the molecule is Cc1cc(C(F)(C(F)F)C(F)(F)C(F)(F)F)cc(OC(F)F)c1N. The van der Waals surface area contributed by atoms with Crippen molar-refractivity contribution in [3.63, 3.8) is 0 Å². The average molecular weight is 373 g/mol. The molecule has 12 heteroatoms. The van der Waals surface area contributed by atoms with Gasteiger partial charge >= 0.3 is 18.7 Å². The highest BCUT2D eigenvalue weighted by Gasteiger charge is 2.75. The van der Waals surface area contributed by atoms with Gasteiger partial charge in [0.2, 0.25) is 0 Å². The van der Waals surface area contributed by atoms with Crippen LogP contribution in [0.5, 0.6) is 5.75 Å². The Morgan fingerprint density at radius 2 is 1.46 bits per heavy atom. The lowest BCUT2D eigenvalue weighted by molar-refractivity contribution is -0.349. The third kappa shape index (κ3) is 3.18. The van der Waals surface area contributed by atoms with Gasteiger partial charge in [-0.25, -0.2) is 13.2 Å². The molecule has 0 fully saturated rings. The van der Waals surface area contributed by atoms with Crippen LogP contribution < -0.4 is 10.5 Å². The summed E-state index contributed by atoms with van der Waals surface area (Å²) < 4.78 is 132. The fourth-order valence-electron chi connectivity index (χ4n) is 1.82. The van der Waals surface area contributed by atoms with Crippen LogP contribution in [0, 0.1) is 6.92 Å². The zero-order valence-corrected chi connectivity index (χ0v) is 11.6. The number of aryl methyl sites for hydroxylation is 1. The van der Waals surface area contributed by atoms with E-state index >= 15 is 0 Å². The first-order chi connectivity index (χ1) is 10.7. The van der Waals surface area contributed by atoms with E-state index in [1.807, 2.05) is 0 Å². The van der Waals surface area contributed by atoms with Crippen molar-refractivity contribution in [3.05, 3.63) is 23.3 Å². The van der Waals surface area contributed by atoms with Gasteiger partial charge in [0.25, 0.3) is 12.1 Å². The Balaban J connectivity index is 3.66. The van der Waals surface area contributed by atoms with Crippen molar-refractivity contribution in [1.29, 1.82) is 0 Å². The highest BCUT2D eigenvalue weighted by molar-refractivity contribution is 5.60. The third-order valence-electron chi connectivity index (χ3n) is 3.10. The number of ether oxygens (including phenoxy) is 1. The minimum absolute atomic E-state index is 0.139. The minimum Gasteiger partial charge on any atom is -0.433 e. The van der Waals surface area contributed by atoms with Gasteiger partial charge in [0.15, 0.2) is 0 Å². The van der Waals surface area contributed by atoms with Crippen LogP contribution in [0.2, 0.25) is 0 Å². The molecule has 0 saturated heterocycles. The molecule has 2 N–H and O–H groups in total. The van der Waals surface area contributed by atoms with Crippen LogP contribution in [-0.4, -0.2) is 25.1 Å². The molecule has 138 valence electrons. The molecule has 1 atom stereocenters. The van der Waals surface area contributed by atoms with Crippen LogP contribution in [-0.2, 0) is 5.67 Å². The van der Waals surface area contributed by atoms with E-state index in [9.17, 15) is 43.9 Å². The second-order valence-electron chi connectivity index (χ2n) is 4.67. The Morgan fingerprint density at radius 1 is 0.958 bits per heavy atom. The Morgan fingerprint density at radius 3 is 1.83 bits per heavy atom.